The summed E-state index contributed by atoms with van der Waals surface area (Å²) >= 11 is 0. The van der Waals surface area contributed by atoms with Crippen molar-refractivity contribution in [1.82, 2.24) is 4.98 Å². The fourth-order valence-corrected chi connectivity index (χ4v) is 2.76. The molecule has 2 N–H and O–H groups in total. The van der Waals surface area contributed by atoms with Gasteiger partial charge in [0.2, 0.25) is 0 Å². The molecular weight excluding hydrogens is 377 g/mol. The Kier molecular flexibility index (Phi) is 4.70. The van der Waals surface area contributed by atoms with Crippen molar-refractivity contribution in [2.24, 2.45) is 0 Å². The largest absolute Gasteiger partial charge is 0.505 e. The van der Waals surface area contributed by atoms with Crippen LogP contribution in [0.25, 0.3) is 10.8 Å². The standard InChI is InChI=1S/C22H14FNO5/c23-14-1-3-15(4-2-14)28-16-5-7-17(8-6-16)29-18-9-10-19-13(11-18)12-24-20(21(19)25)22(26)27/h1-12,25H,(H,26,27). The molecule has 4 aromatic rings. The molecule has 0 radical (unpaired) electrons. The summed E-state index contributed by atoms with van der Waals surface area (Å²) in [6.45, 7) is 0. The van der Waals surface area contributed by atoms with Crippen molar-refractivity contribution >= 4 is 16.7 Å². The van der Waals surface area contributed by atoms with Crippen LogP contribution >= 0.6 is 0 Å². The molecule has 0 atom stereocenters. The molecule has 4 rings (SSSR count). The van der Waals surface area contributed by atoms with Crippen LogP contribution < -0.4 is 9.47 Å². The second kappa shape index (κ2) is 7.47. The quantitative estimate of drug-likeness (QED) is 0.476. The number of fused-ring (bicyclic) bond motifs is 1. The third kappa shape index (κ3) is 3.93. The molecule has 7 heteroatoms. The van der Waals surface area contributed by atoms with E-state index in [9.17, 15) is 14.3 Å². The maximum Gasteiger partial charge on any atom is 0.358 e. The summed E-state index contributed by atoms with van der Waals surface area (Å²) in [5.74, 6) is 0.111. The minimum Gasteiger partial charge on any atom is -0.505 e. The molecule has 0 saturated carbocycles. The van der Waals surface area contributed by atoms with Crippen molar-refractivity contribution in [3.8, 4) is 28.7 Å². The Balaban J connectivity index is 1.51. The van der Waals surface area contributed by atoms with Gasteiger partial charge in [0.25, 0.3) is 0 Å². The molecule has 3 aromatic carbocycles. The summed E-state index contributed by atoms with van der Waals surface area (Å²) in [5, 5.41) is 20.0. The smallest absolute Gasteiger partial charge is 0.358 e. The van der Waals surface area contributed by atoms with Gasteiger partial charge in [-0.25, -0.2) is 14.2 Å². The monoisotopic (exact) mass is 391 g/mol. The number of ether oxygens (including phenoxy) is 2. The Labute approximate surface area is 164 Å². The number of carbonyl (C=O) groups is 1. The van der Waals surface area contributed by atoms with Gasteiger partial charge in [-0.1, -0.05) is 0 Å². The first-order valence-electron chi connectivity index (χ1n) is 8.56. The van der Waals surface area contributed by atoms with Crippen LogP contribution in [0.1, 0.15) is 10.5 Å². The fraction of sp³-hybridized carbons (Fsp3) is 0. The van der Waals surface area contributed by atoms with Gasteiger partial charge in [-0.15, -0.1) is 0 Å². The van der Waals surface area contributed by atoms with Gasteiger partial charge in [0.15, 0.2) is 11.4 Å². The van der Waals surface area contributed by atoms with Crippen molar-refractivity contribution in [3.63, 3.8) is 0 Å². The molecule has 0 saturated heterocycles. The lowest BCUT2D eigenvalue weighted by molar-refractivity contribution is 0.0687. The van der Waals surface area contributed by atoms with Crippen LogP contribution in [0.4, 0.5) is 4.39 Å². The zero-order valence-corrected chi connectivity index (χ0v) is 14.9. The van der Waals surface area contributed by atoms with Gasteiger partial charge >= 0.3 is 5.97 Å². The molecule has 0 fully saturated rings. The molecule has 29 heavy (non-hydrogen) atoms. The third-order valence-electron chi connectivity index (χ3n) is 4.15. The minimum atomic E-state index is -1.30. The number of carboxylic acids is 1. The van der Waals surface area contributed by atoms with E-state index in [1.807, 2.05) is 0 Å². The number of carboxylic acid groups (broad SMARTS) is 1. The van der Waals surface area contributed by atoms with Gasteiger partial charge < -0.3 is 19.7 Å². The zero-order chi connectivity index (χ0) is 20.4. The summed E-state index contributed by atoms with van der Waals surface area (Å²) in [5.41, 5.74) is -0.400. The van der Waals surface area contributed by atoms with E-state index in [0.29, 0.717) is 33.8 Å². The number of rotatable bonds is 5. The van der Waals surface area contributed by atoms with Gasteiger partial charge in [0.05, 0.1) is 0 Å². The number of aromatic nitrogens is 1. The van der Waals surface area contributed by atoms with Gasteiger partial charge in [0.1, 0.15) is 28.8 Å². The maximum absolute atomic E-state index is 12.9. The number of hydrogen-bond donors (Lipinski definition) is 2. The molecule has 1 heterocycles. The molecule has 0 bridgehead atoms. The molecule has 144 valence electrons. The van der Waals surface area contributed by atoms with Crippen molar-refractivity contribution in [1.29, 1.82) is 0 Å². The van der Waals surface area contributed by atoms with Gasteiger partial charge in [-0.05, 0) is 66.7 Å². The molecule has 0 spiro atoms. The van der Waals surface area contributed by atoms with E-state index in [2.05, 4.69) is 4.98 Å². The Hall–Kier alpha value is -4.13. The lowest BCUT2D eigenvalue weighted by Crippen LogP contribution is -2.00. The van der Waals surface area contributed by atoms with Crippen LogP contribution in [0.3, 0.4) is 0 Å². The summed E-state index contributed by atoms with van der Waals surface area (Å²) < 4.78 is 24.4. The summed E-state index contributed by atoms with van der Waals surface area (Å²) in [4.78, 5) is 14.8. The van der Waals surface area contributed by atoms with Crippen LogP contribution in [0.5, 0.6) is 28.7 Å². The predicted molar refractivity (Wildman–Crippen MR) is 103 cm³/mol. The van der Waals surface area contributed by atoms with Gasteiger partial charge in [0, 0.05) is 17.0 Å². The molecule has 1 aromatic heterocycles. The van der Waals surface area contributed by atoms with E-state index in [1.165, 1.54) is 30.5 Å². The van der Waals surface area contributed by atoms with Crippen LogP contribution in [0.2, 0.25) is 0 Å². The van der Waals surface area contributed by atoms with Crippen LogP contribution in [-0.4, -0.2) is 21.2 Å². The molecule has 0 aliphatic heterocycles. The first-order valence-corrected chi connectivity index (χ1v) is 8.56. The minimum absolute atomic E-state index is 0.334. The summed E-state index contributed by atoms with van der Waals surface area (Å²) in [6, 6.07) is 17.4. The molecule has 0 amide bonds. The molecule has 0 aliphatic carbocycles. The Morgan fingerprint density at radius 1 is 0.828 bits per heavy atom. The number of halogens is 1. The predicted octanol–water partition coefficient (Wildman–Crippen LogP) is 5.36. The Morgan fingerprint density at radius 3 is 1.93 bits per heavy atom. The SMILES string of the molecule is O=C(O)c1ncc2cc(Oc3ccc(Oc4ccc(F)cc4)cc3)ccc2c1O. The highest BCUT2D eigenvalue weighted by Gasteiger charge is 2.14. The first kappa shape index (κ1) is 18.2. The number of hydrogen-bond acceptors (Lipinski definition) is 5. The maximum atomic E-state index is 12.9. The van der Waals surface area contributed by atoms with E-state index in [0.717, 1.165) is 0 Å². The topological polar surface area (TPSA) is 88.9 Å². The number of aromatic carboxylic acids is 1. The second-order valence-corrected chi connectivity index (χ2v) is 6.14. The number of nitrogens with zero attached hydrogens (tertiary/aromatic N) is 1. The summed E-state index contributed by atoms with van der Waals surface area (Å²) in [6.07, 6.45) is 1.37. The van der Waals surface area contributed by atoms with Gasteiger partial charge in [-0.2, -0.15) is 0 Å². The van der Waals surface area contributed by atoms with Crippen molar-refractivity contribution in [2.75, 3.05) is 0 Å². The Morgan fingerprint density at radius 2 is 1.34 bits per heavy atom. The van der Waals surface area contributed by atoms with Crippen LogP contribution in [0, 0.1) is 5.82 Å². The van der Waals surface area contributed by atoms with E-state index < -0.39 is 11.7 Å². The number of aromatic hydroxyl groups is 1. The van der Waals surface area contributed by atoms with Crippen molar-refractivity contribution < 1.29 is 28.9 Å². The molecular formula is C22H14FNO5. The second-order valence-electron chi connectivity index (χ2n) is 6.14. The van der Waals surface area contributed by atoms with E-state index in [1.54, 1.807) is 42.5 Å². The van der Waals surface area contributed by atoms with Gasteiger partial charge in [-0.3, -0.25) is 0 Å². The first-order chi connectivity index (χ1) is 14.0. The highest BCUT2D eigenvalue weighted by atomic mass is 19.1. The van der Waals surface area contributed by atoms with Crippen LogP contribution in [0.15, 0.2) is 72.9 Å². The van der Waals surface area contributed by atoms with E-state index >= 15 is 0 Å². The molecule has 0 aliphatic rings. The Bertz CT molecular complexity index is 1190. The van der Waals surface area contributed by atoms with E-state index in [-0.39, 0.29) is 11.6 Å². The number of pyridine rings is 1. The molecule has 0 unspecified atom stereocenters. The molecule has 6 nitrogen and oxygen atoms in total. The van der Waals surface area contributed by atoms with Crippen molar-refractivity contribution in [2.45, 2.75) is 0 Å². The highest BCUT2D eigenvalue weighted by molar-refractivity contribution is 5.98. The lowest BCUT2D eigenvalue weighted by atomic mass is 10.1. The zero-order valence-electron chi connectivity index (χ0n) is 14.9. The average molecular weight is 391 g/mol. The van der Waals surface area contributed by atoms with Crippen LogP contribution in [-0.2, 0) is 0 Å². The number of benzene rings is 3. The summed E-state index contributed by atoms with van der Waals surface area (Å²) in [7, 11) is 0. The normalized spacial score (nSPS) is 10.7. The van der Waals surface area contributed by atoms with E-state index in [4.69, 9.17) is 14.6 Å². The fourth-order valence-electron chi connectivity index (χ4n) is 2.76. The van der Waals surface area contributed by atoms with Crippen molar-refractivity contribution in [3.05, 3.63) is 84.4 Å². The lowest BCUT2D eigenvalue weighted by Gasteiger charge is -2.10. The average Bonchev–Trinajstić information content (AvgIpc) is 2.71. The highest BCUT2D eigenvalue weighted by Crippen LogP contribution is 2.32. The third-order valence-corrected chi connectivity index (χ3v) is 4.15.